The number of nitro benzene ring substituents is 1. The molecule has 0 radical (unpaired) electrons. The number of aromatic nitrogens is 2. The zero-order chi connectivity index (χ0) is 16.9. The number of amides is 1. The second kappa shape index (κ2) is 6.90. The highest BCUT2D eigenvalue weighted by atomic mass is 16.6. The molecule has 0 aliphatic carbocycles. The molecule has 2 aromatic rings. The van der Waals surface area contributed by atoms with Crippen molar-refractivity contribution in [3.63, 3.8) is 0 Å². The number of ether oxygens (including phenoxy) is 1. The second-order valence-electron chi connectivity index (χ2n) is 5.14. The van der Waals surface area contributed by atoms with Crippen molar-refractivity contribution in [1.29, 1.82) is 0 Å². The van der Waals surface area contributed by atoms with Crippen LogP contribution < -0.4 is 9.64 Å². The van der Waals surface area contributed by atoms with Gasteiger partial charge in [0.15, 0.2) is 0 Å². The van der Waals surface area contributed by atoms with Crippen molar-refractivity contribution in [3.05, 3.63) is 52.8 Å². The molecule has 124 valence electrons. The number of carbonyl (C=O) groups is 1. The van der Waals surface area contributed by atoms with Crippen molar-refractivity contribution in [2.24, 2.45) is 0 Å². The van der Waals surface area contributed by atoms with Gasteiger partial charge in [0.05, 0.1) is 4.92 Å². The van der Waals surface area contributed by atoms with Crippen LogP contribution >= 0.6 is 0 Å². The maximum atomic E-state index is 12.1. The molecule has 0 saturated carbocycles. The van der Waals surface area contributed by atoms with Gasteiger partial charge in [-0.3, -0.25) is 10.1 Å². The summed E-state index contributed by atoms with van der Waals surface area (Å²) in [5, 5.41) is 10.6. The lowest BCUT2D eigenvalue weighted by Gasteiger charge is -2.33. The second-order valence-corrected chi connectivity index (χ2v) is 5.14. The summed E-state index contributed by atoms with van der Waals surface area (Å²) in [5.41, 5.74) is -0.0497. The molecular formula is C15H15N5O4. The van der Waals surface area contributed by atoms with E-state index in [9.17, 15) is 14.9 Å². The number of non-ortho nitro benzene ring substituents is 1. The van der Waals surface area contributed by atoms with Gasteiger partial charge in [-0.2, -0.15) is 0 Å². The van der Waals surface area contributed by atoms with Crippen LogP contribution in [0.15, 0.2) is 42.7 Å². The third-order valence-corrected chi connectivity index (χ3v) is 3.63. The lowest BCUT2D eigenvalue weighted by Crippen LogP contribution is -2.50. The van der Waals surface area contributed by atoms with E-state index in [2.05, 4.69) is 9.97 Å². The molecule has 3 rings (SSSR count). The number of hydrogen-bond donors (Lipinski definition) is 0. The largest absolute Gasteiger partial charge is 0.415 e. The van der Waals surface area contributed by atoms with Crippen LogP contribution in [-0.2, 0) is 0 Å². The van der Waals surface area contributed by atoms with E-state index in [0.717, 1.165) is 0 Å². The van der Waals surface area contributed by atoms with Crippen LogP contribution in [0.3, 0.4) is 0 Å². The number of carbonyl (C=O) groups excluding carboxylic acids is 1. The van der Waals surface area contributed by atoms with Crippen LogP contribution in [-0.4, -0.2) is 52.1 Å². The Morgan fingerprint density at radius 2 is 1.71 bits per heavy atom. The minimum Gasteiger partial charge on any atom is -0.410 e. The minimum atomic E-state index is -0.503. The summed E-state index contributed by atoms with van der Waals surface area (Å²) in [5.74, 6) is 0.917. The summed E-state index contributed by atoms with van der Waals surface area (Å²) >= 11 is 0. The Labute approximate surface area is 137 Å². The molecule has 1 aliphatic heterocycles. The molecule has 1 saturated heterocycles. The van der Waals surface area contributed by atoms with Gasteiger partial charge in [0.2, 0.25) is 5.95 Å². The van der Waals surface area contributed by atoms with Gasteiger partial charge in [0.25, 0.3) is 5.69 Å². The average molecular weight is 329 g/mol. The van der Waals surface area contributed by atoms with Gasteiger partial charge in [-0.05, 0) is 18.2 Å². The van der Waals surface area contributed by atoms with Crippen LogP contribution in [0.5, 0.6) is 5.75 Å². The molecule has 0 atom stereocenters. The fourth-order valence-electron chi connectivity index (χ4n) is 2.34. The van der Waals surface area contributed by atoms with E-state index in [4.69, 9.17) is 4.74 Å². The average Bonchev–Trinajstić information content (AvgIpc) is 2.63. The molecule has 0 unspecified atom stereocenters. The molecule has 0 bridgehead atoms. The lowest BCUT2D eigenvalue weighted by atomic mass is 10.3. The summed E-state index contributed by atoms with van der Waals surface area (Å²) in [6.45, 7) is 2.20. The zero-order valence-corrected chi connectivity index (χ0v) is 12.7. The van der Waals surface area contributed by atoms with E-state index in [0.29, 0.717) is 32.1 Å². The highest BCUT2D eigenvalue weighted by molar-refractivity contribution is 5.71. The highest BCUT2D eigenvalue weighted by Crippen LogP contribution is 2.18. The number of piperazine rings is 1. The Kier molecular flexibility index (Phi) is 4.50. The van der Waals surface area contributed by atoms with Gasteiger partial charge in [0.1, 0.15) is 5.75 Å². The molecule has 9 heteroatoms. The third-order valence-electron chi connectivity index (χ3n) is 3.63. The van der Waals surface area contributed by atoms with Crippen molar-refractivity contribution in [2.75, 3.05) is 31.1 Å². The fraction of sp³-hybridized carbons (Fsp3) is 0.267. The van der Waals surface area contributed by atoms with Crippen molar-refractivity contribution < 1.29 is 14.5 Å². The first-order valence-electron chi connectivity index (χ1n) is 7.36. The Morgan fingerprint density at radius 3 is 2.29 bits per heavy atom. The van der Waals surface area contributed by atoms with Gasteiger partial charge in [-0.25, -0.2) is 14.8 Å². The topological polar surface area (TPSA) is 102 Å². The van der Waals surface area contributed by atoms with E-state index in [1.54, 1.807) is 23.4 Å². The summed E-state index contributed by atoms with van der Waals surface area (Å²) in [4.78, 5) is 34.2. The molecule has 1 aliphatic rings. The predicted molar refractivity (Wildman–Crippen MR) is 84.9 cm³/mol. The molecule has 1 aromatic heterocycles. The van der Waals surface area contributed by atoms with Crippen molar-refractivity contribution in [3.8, 4) is 5.75 Å². The smallest absolute Gasteiger partial charge is 0.410 e. The Morgan fingerprint density at radius 1 is 1.08 bits per heavy atom. The van der Waals surface area contributed by atoms with E-state index >= 15 is 0 Å². The molecular weight excluding hydrogens is 314 g/mol. The Bertz CT molecular complexity index is 714. The van der Waals surface area contributed by atoms with Gasteiger partial charge < -0.3 is 14.5 Å². The first kappa shape index (κ1) is 15.7. The van der Waals surface area contributed by atoms with E-state index in [-0.39, 0.29) is 11.4 Å². The fourth-order valence-corrected chi connectivity index (χ4v) is 2.34. The molecule has 1 aromatic carbocycles. The quantitative estimate of drug-likeness (QED) is 0.624. The van der Waals surface area contributed by atoms with Gasteiger partial charge in [-0.15, -0.1) is 0 Å². The number of hydrogen-bond acceptors (Lipinski definition) is 7. The first-order chi connectivity index (χ1) is 11.6. The normalized spacial score (nSPS) is 14.3. The Hall–Kier alpha value is -3.23. The Balaban J connectivity index is 1.54. The SMILES string of the molecule is O=C(Oc1ccc([N+](=O)[O-])cc1)N1CCN(c2ncccn2)CC1. The van der Waals surface area contributed by atoms with Crippen LogP contribution in [0, 0.1) is 10.1 Å². The van der Waals surface area contributed by atoms with Crippen molar-refractivity contribution in [1.82, 2.24) is 14.9 Å². The predicted octanol–water partition coefficient (Wildman–Crippen LogP) is 1.71. The van der Waals surface area contributed by atoms with E-state index in [1.807, 2.05) is 4.90 Å². The third kappa shape index (κ3) is 3.57. The van der Waals surface area contributed by atoms with Crippen LogP contribution in [0.25, 0.3) is 0 Å². The molecule has 1 amide bonds. The highest BCUT2D eigenvalue weighted by Gasteiger charge is 2.23. The maximum absolute atomic E-state index is 12.1. The number of anilines is 1. The number of nitrogens with zero attached hydrogens (tertiary/aromatic N) is 5. The van der Waals surface area contributed by atoms with E-state index < -0.39 is 11.0 Å². The lowest BCUT2D eigenvalue weighted by molar-refractivity contribution is -0.384. The number of nitro groups is 1. The molecule has 0 spiro atoms. The summed E-state index contributed by atoms with van der Waals surface area (Å²) in [7, 11) is 0. The van der Waals surface area contributed by atoms with Gasteiger partial charge in [0, 0.05) is 50.7 Å². The van der Waals surface area contributed by atoms with Crippen molar-refractivity contribution >= 4 is 17.7 Å². The summed E-state index contributed by atoms with van der Waals surface area (Å²) < 4.78 is 5.24. The molecule has 0 N–H and O–H groups in total. The standard InChI is InChI=1S/C15H15N5O4/c21-15(24-13-4-2-12(3-5-13)20(22)23)19-10-8-18(9-11-19)14-16-6-1-7-17-14/h1-7H,8-11H2. The van der Waals surface area contributed by atoms with Crippen LogP contribution in [0.1, 0.15) is 0 Å². The maximum Gasteiger partial charge on any atom is 0.415 e. The van der Waals surface area contributed by atoms with Crippen molar-refractivity contribution in [2.45, 2.75) is 0 Å². The molecule has 24 heavy (non-hydrogen) atoms. The monoisotopic (exact) mass is 329 g/mol. The number of benzene rings is 1. The summed E-state index contributed by atoms with van der Waals surface area (Å²) in [6.07, 6.45) is 2.88. The van der Waals surface area contributed by atoms with Crippen LogP contribution in [0.4, 0.5) is 16.4 Å². The molecule has 9 nitrogen and oxygen atoms in total. The molecule has 1 fully saturated rings. The zero-order valence-electron chi connectivity index (χ0n) is 12.7. The van der Waals surface area contributed by atoms with Gasteiger partial charge in [-0.1, -0.05) is 0 Å². The minimum absolute atomic E-state index is 0.0497. The van der Waals surface area contributed by atoms with Gasteiger partial charge >= 0.3 is 6.09 Å². The van der Waals surface area contributed by atoms with Crippen LogP contribution in [0.2, 0.25) is 0 Å². The first-order valence-corrected chi connectivity index (χ1v) is 7.36. The van der Waals surface area contributed by atoms with E-state index in [1.165, 1.54) is 24.3 Å². The molecule has 2 heterocycles. The number of rotatable bonds is 3. The summed E-state index contributed by atoms with van der Waals surface area (Å²) in [6, 6.07) is 7.16.